The van der Waals surface area contributed by atoms with E-state index in [1.54, 1.807) is 36.3 Å². The van der Waals surface area contributed by atoms with Crippen LogP contribution in [0, 0.1) is 6.92 Å². The molecule has 0 saturated heterocycles. The number of amides is 2. The van der Waals surface area contributed by atoms with Crippen molar-refractivity contribution < 1.29 is 14.3 Å². The Morgan fingerprint density at radius 2 is 1.93 bits per heavy atom. The maximum atomic E-state index is 12.8. The molecule has 1 aliphatic heterocycles. The molecular weight excluding hydrogens is 404 g/mol. The maximum absolute atomic E-state index is 12.8. The molecule has 0 radical (unpaired) electrons. The Bertz CT molecular complexity index is 883. The van der Waals surface area contributed by atoms with Gasteiger partial charge in [-0.2, -0.15) is 5.10 Å². The van der Waals surface area contributed by atoms with E-state index in [1.165, 1.54) is 0 Å². The van der Waals surface area contributed by atoms with Gasteiger partial charge in [0, 0.05) is 56.6 Å². The number of ether oxygens (including phenoxy) is 1. The Balaban J connectivity index is 1.65. The van der Waals surface area contributed by atoms with Gasteiger partial charge in [-0.05, 0) is 50.5 Å². The molecule has 0 N–H and O–H groups in total. The molecule has 0 spiro atoms. The van der Waals surface area contributed by atoms with E-state index in [1.807, 2.05) is 22.6 Å². The second-order valence-corrected chi connectivity index (χ2v) is 8.04. The van der Waals surface area contributed by atoms with Gasteiger partial charge in [0.25, 0.3) is 5.91 Å². The highest BCUT2D eigenvalue weighted by molar-refractivity contribution is 6.31. The Morgan fingerprint density at radius 1 is 1.17 bits per heavy atom. The lowest BCUT2D eigenvalue weighted by molar-refractivity contribution is -0.131. The van der Waals surface area contributed by atoms with Gasteiger partial charge in [0.2, 0.25) is 5.91 Å². The highest BCUT2D eigenvalue weighted by Gasteiger charge is 2.19. The summed E-state index contributed by atoms with van der Waals surface area (Å²) in [7, 11) is 1.78. The molecule has 2 amide bonds. The molecule has 2 heterocycles. The molecule has 30 heavy (non-hydrogen) atoms. The Labute approximate surface area is 182 Å². The molecule has 1 aromatic heterocycles. The van der Waals surface area contributed by atoms with Gasteiger partial charge in [-0.1, -0.05) is 11.6 Å². The molecular formula is C22H29ClN4O3. The Hall–Kier alpha value is -2.54. The molecule has 0 atom stereocenters. The molecule has 1 aromatic carbocycles. The van der Waals surface area contributed by atoms with E-state index in [0.717, 1.165) is 18.5 Å². The van der Waals surface area contributed by atoms with Crippen molar-refractivity contribution in [1.29, 1.82) is 0 Å². The first-order valence-electron chi connectivity index (χ1n) is 10.4. The van der Waals surface area contributed by atoms with E-state index in [-0.39, 0.29) is 11.8 Å². The topological polar surface area (TPSA) is 67.7 Å². The fourth-order valence-corrected chi connectivity index (χ4v) is 3.72. The van der Waals surface area contributed by atoms with Crippen LogP contribution in [0.15, 0.2) is 30.5 Å². The number of benzene rings is 1. The molecule has 3 rings (SSSR count). The van der Waals surface area contributed by atoms with Crippen molar-refractivity contribution in [2.45, 2.75) is 39.2 Å². The lowest BCUT2D eigenvalue weighted by atomic mass is 10.1. The van der Waals surface area contributed by atoms with E-state index in [9.17, 15) is 9.59 Å². The number of aryl methyl sites for hydroxylation is 2. The van der Waals surface area contributed by atoms with Crippen LogP contribution < -0.4 is 4.74 Å². The summed E-state index contributed by atoms with van der Waals surface area (Å²) in [4.78, 5) is 29.2. The van der Waals surface area contributed by atoms with Crippen LogP contribution in [0.3, 0.4) is 0 Å². The molecule has 0 fully saturated rings. The van der Waals surface area contributed by atoms with Crippen LogP contribution in [0.25, 0.3) is 0 Å². The lowest BCUT2D eigenvalue weighted by Gasteiger charge is -2.23. The average molecular weight is 433 g/mol. The Morgan fingerprint density at radius 3 is 2.70 bits per heavy atom. The zero-order chi connectivity index (χ0) is 21.5. The van der Waals surface area contributed by atoms with Crippen molar-refractivity contribution in [1.82, 2.24) is 19.6 Å². The summed E-state index contributed by atoms with van der Waals surface area (Å²) < 4.78 is 7.73. The van der Waals surface area contributed by atoms with E-state index in [0.29, 0.717) is 62.0 Å². The van der Waals surface area contributed by atoms with E-state index in [4.69, 9.17) is 16.3 Å². The van der Waals surface area contributed by atoms with Crippen LogP contribution in [-0.2, 0) is 11.3 Å². The van der Waals surface area contributed by atoms with Gasteiger partial charge in [0.15, 0.2) is 0 Å². The van der Waals surface area contributed by atoms with E-state index in [2.05, 4.69) is 5.10 Å². The predicted molar refractivity (Wildman–Crippen MR) is 116 cm³/mol. The van der Waals surface area contributed by atoms with Crippen LogP contribution in [0.5, 0.6) is 5.75 Å². The first-order chi connectivity index (χ1) is 14.5. The van der Waals surface area contributed by atoms with Gasteiger partial charge in [0.05, 0.1) is 12.2 Å². The standard InChI is InChI=1S/C22H29ClN4O3/c1-17-8-10-24-27(17)14-9-21(28)26-12-4-3-11-25(2)22(29)19-16-18(23)6-7-20(19)30-15-5-13-26/h6-8,10,16H,3-5,9,11-15H2,1-2H3. The summed E-state index contributed by atoms with van der Waals surface area (Å²) in [5.41, 5.74) is 1.53. The number of aromatic nitrogens is 2. The smallest absolute Gasteiger partial charge is 0.257 e. The van der Waals surface area contributed by atoms with Crippen molar-refractivity contribution in [3.05, 3.63) is 46.7 Å². The molecule has 1 aliphatic rings. The number of fused-ring (bicyclic) bond motifs is 1. The third-order valence-electron chi connectivity index (χ3n) is 5.34. The van der Waals surface area contributed by atoms with Crippen molar-refractivity contribution in [2.24, 2.45) is 0 Å². The van der Waals surface area contributed by atoms with Crippen LogP contribution in [-0.4, -0.2) is 64.7 Å². The zero-order valence-electron chi connectivity index (χ0n) is 17.6. The van der Waals surface area contributed by atoms with Crippen molar-refractivity contribution in [3.8, 4) is 5.75 Å². The first kappa shape index (κ1) is 22.2. The van der Waals surface area contributed by atoms with Gasteiger partial charge in [0.1, 0.15) is 5.75 Å². The quantitative estimate of drug-likeness (QED) is 0.745. The van der Waals surface area contributed by atoms with Crippen LogP contribution >= 0.6 is 11.6 Å². The summed E-state index contributed by atoms with van der Waals surface area (Å²) in [6.45, 7) is 4.90. The third kappa shape index (κ3) is 5.75. The number of carbonyl (C=O) groups is 2. The normalized spacial score (nSPS) is 16.2. The van der Waals surface area contributed by atoms with Gasteiger partial charge in [-0.15, -0.1) is 0 Å². The highest BCUT2D eigenvalue weighted by Crippen LogP contribution is 2.25. The lowest BCUT2D eigenvalue weighted by Crippen LogP contribution is -2.34. The minimum Gasteiger partial charge on any atom is -0.493 e. The maximum Gasteiger partial charge on any atom is 0.257 e. The van der Waals surface area contributed by atoms with Gasteiger partial charge in [-0.25, -0.2) is 0 Å². The van der Waals surface area contributed by atoms with E-state index < -0.39 is 0 Å². The van der Waals surface area contributed by atoms with Crippen LogP contribution in [0.2, 0.25) is 5.02 Å². The van der Waals surface area contributed by atoms with E-state index >= 15 is 0 Å². The SMILES string of the molecule is Cc1ccnn1CCC(=O)N1CCCCN(C)C(=O)c2cc(Cl)ccc2OCCC1. The number of hydrogen-bond acceptors (Lipinski definition) is 4. The Kier molecular flexibility index (Phi) is 7.74. The molecule has 2 aromatic rings. The van der Waals surface area contributed by atoms with Crippen LogP contribution in [0.1, 0.15) is 41.7 Å². The summed E-state index contributed by atoms with van der Waals surface area (Å²) in [6, 6.07) is 7.05. The number of rotatable bonds is 3. The van der Waals surface area contributed by atoms with Crippen molar-refractivity contribution in [2.75, 3.05) is 33.3 Å². The predicted octanol–water partition coefficient (Wildman–Crippen LogP) is 3.40. The van der Waals surface area contributed by atoms with Crippen molar-refractivity contribution in [3.63, 3.8) is 0 Å². The zero-order valence-corrected chi connectivity index (χ0v) is 18.4. The average Bonchev–Trinajstić information content (AvgIpc) is 3.15. The summed E-state index contributed by atoms with van der Waals surface area (Å²) in [5.74, 6) is 0.549. The molecule has 0 unspecified atom stereocenters. The number of halogens is 1. The fourth-order valence-electron chi connectivity index (χ4n) is 3.55. The molecule has 0 saturated carbocycles. The van der Waals surface area contributed by atoms with Gasteiger partial charge >= 0.3 is 0 Å². The molecule has 0 bridgehead atoms. The molecule has 0 aliphatic carbocycles. The summed E-state index contributed by atoms with van der Waals surface area (Å²) in [6.07, 6.45) is 4.52. The second-order valence-electron chi connectivity index (χ2n) is 7.60. The molecule has 8 heteroatoms. The monoisotopic (exact) mass is 432 g/mol. The highest BCUT2D eigenvalue weighted by atomic mass is 35.5. The second kappa shape index (κ2) is 10.5. The van der Waals surface area contributed by atoms with Gasteiger partial charge in [-0.3, -0.25) is 14.3 Å². The minimum atomic E-state index is -0.103. The summed E-state index contributed by atoms with van der Waals surface area (Å²) >= 11 is 6.09. The van der Waals surface area contributed by atoms with Crippen molar-refractivity contribution >= 4 is 23.4 Å². The fraction of sp³-hybridized carbons (Fsp3) is 0.500. The minimum absolute atomic E-state index is 0.103. The van der Waals surface area contributed by atoms with Crippen LogP contribution in [0.4, 0.5) is 0 Å². The number of nitrogens with zero attached hydrogens (tertiary/aromatic N) is 4. The third-order valence-corrected chi connectivity index (χ3v) is 5.57. The molecule has 7 nitrogen and oxygen atoms in total. The number of hydrogen-bond donors (Lipinski definition) is 0. The van der Waals surface area contributed by atoms with Gasteiger partial charge < -0.3 is 14.5 Å². The summed E-state index contributed by atoms with van der Waals surface area (Å²) in [5, 5.41) is 4.76. The molecule has 162 valence electrons. The first-order valence-corrected chi connectivity index (χ1v) is 10.8. The largest absolute Gasteiger partial charge is 0.493 e. The number of carbonyl (C=O) groups excluding carboxylic acids is 2.